The summed E-state index contributed by atoms with van der Waals surface area (Å²) in [5.74, 6) is 0.773. The summed E-state index contributed by atoms with van der Waals surface area (Å²) in [5.41, 5.74) is 5.34. The molecule has 0 bridgehead atoms. The van der Waals surface area contributed by atoms with Gasteiger partial charge in [-0.1, -0.05) is 23.4 Å². The standard InChI is InChI=1S/C22H19N3O3/c1-12-19-20(14-3-2-8-23-11-14)21-17(24-22(19)28-25-12)9-15(10-18(21)27)13-4-6-16(26)7-5-13/h2-8,11,15,20,24,26H,9-10H2,1H3/t15-,20+/m0/s1. The summed E-state index contributed by atoms with van der Waals surface area (Å²) in [6.45, 7) is 1.89. The Morgan fingerprint density at radius 1 is 1.14 bits per heavy atom. The summed E-state index contributed by atoms with van der Waals surface area (Å²) in [4.78, 5) is 17.5. The van der Waals surface area contributed by atoms with Crippen LogP contribution in [0.15, 0.2) is 64.6 Å². The van der Waals surface area contributed by atoms with Crippen LogP contribution in [0.25, 0.3) is 0 Å². The monoisotopic (exact) mass is 373 g/mol. The van der Waals surface area contributed by atoms with Crippen molar-refractivity contribution in [3.63, 3.8) is 0 Å². The van der Waals surface area contributed by atoms with Crippen LogP contribution in [0.2, 0.25) is 0 Å². The molecule has 0 amide bonds. The van der Waals surface area contributed by atoms with Gasteiger partial charge in [0.1, 0.15) is 5.75 Å². The van der Waals surface area contributed by atoms with Gasteiger partial charge in [-0.25, -0.2) is 0 Å². The quantitative estimate of drug-likeness (QED) is 0.705. The van der Waals surface area contributed by atoms with E-state index in [2.05, 4.69) is 15.5 Å². The van der Waals surface area contributed by atoms with Crippen LogP contribution < -0.4 is 5.32 Å². The molecule has 1 aliphatic heterocycles. The summed E-state index contributed by atoms with van der Waals surface area (Å²) >= 11 is 0. The summed E-state index contributed by atoms with van der Waals surface area (Å²) in [6, 6.07) is 11.0. The highest BCUT2D eigenvalue weighted by Gasteiger charge is 2.41. The van der Waals surface area contributed by atoms with Crippen molar-refractivity contribution in [1.29, 1.82) is 0 Å². The fourth-order valence-electron chi connectivity index (χ4n) is 4.33. The minimum Gasteiger partial charge on any atom is -0.508 e. The molecule has 0 unspecified atom stereocenters. The Morgan fingerprint density at radius 3 is 2.71 bits per heavy atom. The zero-order valence-electron chi connectivity index (χ0n) is 15.3. The van der Waals surface area contributed by atoms with E-state index < -0.39 is 0 Å². The molecule has 0 fully saturated rings. The van der Waals surface area contributed by atoms with Crippen molar-refractivity contribution in [1.82, 2.24) is 10.1 Å². The Bertz CT molecular complexity index is 1080. The second-order valence-corrected chi connectivity index (χ2v) is 7.37. The zero-order chi connectivity index (χ0) is 19.3. The van der Waals surface area contributed by atoms with Gasteiger partial charge in [0.25, 0.3) is 0 Å². The molecule has 1 aliphatic carbocycles. The molecule has 140 valence electrons. The van der Waals surface area contributed by atoms with E-state index in [4.69, 9.17) is 4.52 Å². The number of pyridine rings is 1. The number of carbonyl (C=O) groups is 1. The SMILES string of the molecule is Cc1noc2c1[C@@H](c1cccnc1)C1=C(C[C@H](c3ccc(O)cc3)CC1=O)N2. The van der Waals surface area contributed by atoms with Gasteiger partial charge in [-0.2, -0.15) is 0 Å². The Morgan fingerprint density at radius 2 is 1.96 bits per heavy atom. The molecule has 0 saturated heterocycles. The lowest BCUT2D eigenvalue weighted by molar-refractivity contribution is -0.116. The van der Waals surface area contributed by atoms with E-state index in [9.17, 15) is 9.90 Å². The Balaban J connectivity index is 1.61. The van der Waals surface area contributed by atoms with Gasteiger partial charge < -0.3 is 14.9 Å². The number of aromatic nitrogens is 2. The minimum absolute atomic E-state index is 0.0551. The Labute approximate surface area is 161 Å². The van der Waals surface area contributed by atoms with Crippen LogP contribution in [0.3, 0.4) is 0 Å². The Hall–Kier alpha value is -3.41. The van der Waals surface area contributed by atoms with Crippen molar-refractivity contribution in [3.05, 3.63) is 82.4 Å². The first kappa shape index (κ1) is 16.7. The smallest absolute Gasteiger partial charge is 0.233 e. The van der Waals surface area contributed by atoms with Gasteiger partial charge in [0.15, 0.2) is 5.78 Å². The van der Waals surface area contributed by atoms with E-state index >= 15 is 0 Å². The number of benzene rings is 1. The number of nitrogens with one attached hydrogen (secondary N) is 1. The highest BCUT2D eigenvalue weighted by Crippen LogP contribution is 2.48. The van der Waals surface area contributed by atoms with Crippen LogP contribution in [-0.4, -0.2) is 21.0 Å². The molecule has 3 aromatic rings. The minimum atomic E-state index is -0.223. The van der Waals surface area contributed by atoms with Gasteiger partial charge in [0.2, 0.25) is 5.88 Å². The second-order valence-electron chi connectivity index (χ2n) is 7.37. The first-order valence-electron chi connectivity index (χ1n) is 9.30. The van der Waals surface area contributed by atoms with Crippen LogP contribution in [-0.2, 0) is 4.79 Å². The number of rotatable bonds is 2. The molecule has 0 saturated carbocycles. The van der Waals surface area contributed by atoms with Crippen molar-refractivity contribution in [2.75, 3.05) is 5.32 Å². The maximum Gasteiger partial charge on any atom is 0.233 e. The molecule has 28 heavy (non-hydrogen) atoms. The van der Waals surface area contributed by atoms with Crippen LogP contribution in [0.5, 0.6) is 5.75 Å². The third kappa shape index (κ3) is 2.60. The molecule has 2 aromatic heterocycles. The van der Waals surface area contributed by atoms with Crippen LogP contribution in [0.1, 0.15) is 47.1 Å². The lowest BCUT2D eigenvalue weighted by Crippen LogP contribution is -2.29. The number of allylic oxidation sites excluding steroid dienone is 2. The predicted octanol–water partition coefficient (Wildman–Crippen LogP) is 4.04. The number of hydrogen-bond acceptors (Lipinski definition) is 6. The van der Waals surface area contributed by atoms with Crippen molar-refractivity contribution >= 4 is 11.7 Å². The molecule has 5 rings (SSSR count). The summed E-state index contributed by atoms with van der Waals surface area (Å²) in [7, 11) is 0. The maximum absolute atomic E-state index is 13.3. The molecule has 2 aliphatic rings. The number of hydrogen-bond donors (Lipinski definition) is 2. The second kappa shape index (κ2) is 6.34. The first-order chi connectivity index (χ1) is 13.6. The van der Waals surface area contributed by atoms with Crippen LogP contribution in [0, 0.1) is 6.92 Å². The highest BCUT2D eigenvalue weighted by molar-refractivity contribution is 6.01. The van der Waals surface area contributed by atoms with Crippen molar-refractivity contribution in [2.24, 2.45) is 0 Å². The molecular weight excluding hydrogens is 354 g/mol. The molecular formula is C22H19N3O3. The van der Waals surface area contributed by atoms with Gasteiger partial charge >= 0.3 is 0 Å². The molecule has 1 aromatic carbocycles. The van der Waals surface area contributed by atoms with E-state index in [1.54, 1.807) is 24.5 Å². The van der Waals surface area contributed by atoms with E-state index in [1.165, 1.54) is 0 Å². The molecule has 2 atom stereocenters. The zero-order valence-corrected chi connectivity index (χ0v) is 15.3. The van der Waals surface area contributed by atoms with Gasteiger partial charge in [0.05, 0.1) is 11.3 Å². The van der Waals surface area contributed by atoms with Gasteiger partial charge in [-0.3, -0.25) is 9.78 Å². The highest BCUT2D eigenvalue weighted by atomic mass is 16.5. The lowest BCUT2D eigenvalue weighted by atomic mass is 9.72. The molecule has 2 N–H and O–H groups in total. The molecule has 6 nitrogen and oxygen atoms in total. The van der Waals surface area contributed by atoms with Crippen molar-refractivity contribution in [2.45, 2.75) is 31.6 Å². The number of Topliss-reactive ketones (excluding diaryl/α,β-unsaturated/α-hetero) is 1. The lowest BCUT2D eigenvalue weighted by Gasteiger charge is -2.34. The summed E-state index contributed by atoms with van der Waals surface area (Å²) in [6.07, 6.45) is 4.66. The summed E-state index contributed by atoms with van der Waals surface area (Å²) < 4.78 is 5.52. The normalized spacial score (nSPS) is 21.1. The number of ketones is 1. The molecule has 0 spiro atoms. The largest absolute Gasteiger partial charge is 0.508 e. The fraction of sp³-hybridized carbons (Fsp3) is 0.227. The number of aryl methyl sites for hydroxylation is 1. The average molecular weight is 373 g/mol. The third-order valence-corrected chi connectivity index (χ3v) is 5.64. The van der Waals surface area contributed by atoms with E-state index in [-0.39, 0.29) is 23.4 Å². The topological polar surface area (TPSA) is 88.2 Å². The van der Waals surface area contributed by atoms with Crippen molar-refractivity contribution < 1.29 is 14.4 Å². The number of carbonyl (C=O) groups excluding carboxylic acids is 1. The van der Waals surface area contributed by atoms with E-state index in [0.717, 1.165) is 33.7 Å². The number of anilines is 1. The van der Waals surface area contributed by atoms with Gasteiger partial charge in [0, 0.05) is 36.0 Å². The van der Waals surface area contributed by atoms with Crippen LogP contribution >= 0.6 is 0 Å². The number of aromatic hydroxyl groups is 1. The third-order valence-electron chi connectivity index (χ3n) is 5.64. The predicted molar refractivity (Wildman–Crippen MR) is 103 cm³/mol. The Kier molecular flexibility index (Phi) is 3.79. The van der Waals surface area contributed by atoms with E-state index in [1.807, 2.05) is 31.2 Å². The molecule has 6 heteroatoms. The number of phenolic OH excluding ortho intramolecular Hbond substituents is 1. The molecule has 3 heterocycles. The van der Waals surface area contributed by atoms with E-state index in [0.29, 0.717) is 18.7 Å². The number of nitrogens with zero attached hydrogens (tertiary/aromatic N) is 2. The first-order valence-corrected chi connectivity index (χ1v) is 9.30. The van der Waals surface area contributed by atoms with Gasteiger partial charge in [-0.05, 0) is 48.6 Å². The number of fused-ring (bicyclic) bond motifs is 1. The van der Waals surface area contributed by atoms with Crippen LogP contribution in [0.4, 0.5) is 5.88 Å². The average Bonchev–Trinajstić information content (AvgIpc) is 3.08. The number of phenols is 1. The fourth-order valence-corrected chi connectivity index (χ4v) is 4.33. The van der Waals surface area contributed by atoms with Crippen molar-refractivity contribution in [3.8, 4) is 5.75 Å². The summed E-state index contributed by atoms with van der Waals surface area (Å²) in [5, 5.41) is 17.0. The van der Waals surface area contributed by atoms with Gasteiger partial charge in [-0.15, -0.1) is 0 Å². The maximum atomic E-state index is 13.3. The molecule has 0 radical (unpaired) electrons.